The minimum atomic E-state index is -0.0729. The molecule has 0 aromatic carbocycles. The lowest BCUT2D eigenvalue weighted by Crippen LogP contribution is -1.91. The summed E-state index contributed by atoms with van der Waals surface area (Å²) in [7, 11) is 0. The topological polar surface area (TPSA) is 30.0 Å². The molecule has 0 spiro atoms. The second kappa shape index (κ2) is 3.25. The molecule has 1 unspecified atom stereocenters. The fourth-order valence-electron chi connectivity index (χ4n) is 0.536. The highest BCUT2D eigenvalue weighted by Gasteiger charge is 2.06. The zero-order chi connectivity index (χ0) is 7.56. The van der Waals surface area contributed by atoms with Gasteiger partial charge in [0.2, 0.25) is 0 Å². The maximum Gasteiger partial charge on any atom is 0.129 e. The van der Waals surface area contributed by atoms with Crippen molar-refractivity contribution < 1.29 is 4.79 Å². The number of carbonyl (C=O) groups excluding carboxylic acids is 1. The molecule has 0 amide bonds. The van der Waals surface area contributed by atoms with Crippen LogP contribution in [0.3, 0.4) is 0 Å². The Bertz CT molecular complexity index is 235. The van der Waals surface area contributed by atoms with Crippen LogP contribution in [-0.4, -0.2) is 11.3 Å². The van der Waals surface area contributed by atoms with Gasteiger partial charge in [-0.15, -0.1) is 11.3 Å². The molecule has 0 fully saturated rings. The summed E-state index contributed by atoms with van der Waals surface area (Å²) in [5, 5.41) is 0.863. The Morgan fingerprint density at radius 2 is 2.60 bits per heavy atom. The second-order valence-electron chi connectivity index (χ2n) is 1.93. The van der Waals surface area contributed by atoms with Crippen molar-refractivity contribution in [2.75, 3.05) is 0 Å². The molecule has 1 heterocycles. The van der Waals surface area contributed by atoms with E-state index in [1.165, 1.54) is 11.3 Å². The van der Waals surface area contributed by atoms with Crippen molar-refractivity contribution in [2.24, 2.45) is 0 Å². The van der Waals surface area contributed by atoms with Crippen molar-refractivity contribution in [3.63, 3.8) is 0 Å². The number of aromatic nitrogens is 1. The summed E-state index contributed by atoms with van der Waals surface area (Å²) >= 11 is 4.76. The van der Waals surface area contributed by atoms with Crippen LogP contribution in [0.1, 0.15) is 17.8 Å². The lowest BCUT2D eigenvalue weighted by atomic mass is 10.2. The van der Waals surface area contributed by atoms with E-state index in [1.54, 1.807) is 6.20 Å². The fraction of sp³-hybridized carbons (Fsp3) is 0.333. The van der Waals surface area contributed by atoms with Gasteiger partial charge in [-0.3, -0.25) is 0 Å². The zero-order valence-corrected chi connectivity index (χ0v) is 7.78. The Labute approximate surface area is 71.4 Å². The third kappa shape index (κ3) is 1.64. The predicted molar refractivity (Wildman–Crippen MR) is 44.3 cm³/mol. The first-order valence-corrected chi connectivity index (χ1v) is 4.41. The number of aldehydes is 1. The van der Waals surface area contributed by atoms with E-state index in [4.69, 9.17) is 0 Å². The molecule has 0 saturated heterocycles. The lowest BCUT2D eigenvalue weighted by Gasteiger charge is -1.93. The third-order valence-corrected chi connectivity index (χ3v) is 2.77. The second-order valence-corrected chi connectivity index (χ2v) is 4.37. The first-order valence-electron chi connectivity index (χ1n) is 2.80. The number of nitrogens with zero attached hydrogens (tertiary/aromatic N) is 1. The molecule has 4 heteroatoms. The normalized spacial score (nSPS) is 13.0. The zero-order valence-electron chi connectivity index (χ0n) is 5.37. The van der Waals surface area contributed by atoms with E-state index in [-0.39, 0.29) is 5.92 Å². The minimum absolute atomic E-state index is 0.0729. The monoisotopic (exact) mass is 219 g/mol. The van der Waals surface area contributed by atoms with Crippen LogP contribution in [0, 0.1) is 0 Å². The SMILES string of the molecule is CC(C=O)c1ncc(Br)s1. The van der Waals surface area contributed by atoms with Crippen molar-refractivity contribution in [1.82, 2.24) is 4.98 Å². The van der Waals surface area contributed by atoms with Gasteiger partial charge >= 0.3 is 0 Å². The number of thiazole rings is 1. The van der Waals surface area contributed by atoms with Crippen molar-refractivity contribution in [1.29, 1.82) is 0 Å². The van der Waals surface area contributed by atoms with Crippen LogP contribution in [0.5, 0.6) is 0 Å². The third-order valence-electron chi connectivity index (χ3n) is 1.09. The molecule has 54 valence electrons. The largest absolute Gasteiger partial charge is 0.303 e. The van der Waals surface area contributed by atoms with Gasteiger partial charge in [0.1, 0.15) is 11.3 Å². The van der Waals surface area contributed by atoms with E-state index in [2.05, 4.69) is 20.9 Å². The highest BCUT2D eigenvalue weighted by atomic mass is 79.9. The molecule has 0 saturated carbocycles. The smallest absolute Gasteiger partial charge is 0.129 e. The summed E-state index contributed by atoms with van der Waals surface area (Å²) in [6, 6.07) is 0. The first kappa shape index (κ1) is 7.88. The van der Waals surface area contributed by atoms with Gasteiger partial charge in [0.05, 0.1) is 15.9 Å². The van der Waals surface area contributed by atoms with E-state index >= 15 is 0 Å². The molecule has 0 aliphatic heterocycles. The van der Waals surface area contributed by atoms with Crippen LogP contribution in [0.2, 0.25) is 0 Å². The van der Waals surface area contributed by atoms with E-state index in [0.29, 0.717) is 0 Å². The molecule has 1 aromatic rings. The summed E-state index contributed by atoms with van der Waals surface area (Å²) in [4.78, 5) is 14.3. The van der Waals surface area contributed by atoms with Gasteiger partial charge < -0.3 is 4.79 Å². The summed E-state index contributed by atoms with van der Waals surface area (Å²) in [5.41, 5.74) is 0. The van der Waals surface area contributed by atoms with Gasteiger partial charge in [-0.05, 0) is 22.9 Å². The molecule has 2 nitrogen and oxygen atoms in total. The van der Waals surface area contributed by atoms with Crippen LogP contribution in [0.15, 0.2) is 9.98 Å². The molecule has 0 radical (unpaired) electrons. The minimum Gasteiger partial charge on any atom is -0.303 e. The number of rotatable bonds is 2. The van der Waals surface area contributed by atoms with Gasteiger partial charge in [-0.25, -0.2) is 4.98 Å². The average molecular weight is 220 g/mol. The first-order chi connectivity index (χ1) is 4.74. The van der Waals surface area contributed by atoms with Crippen LogP contribution in [0.25, 0.3) is 0 Å². The van der Waals surface area contributed by atoms with E-state index in [1.807, 2.05) is 6.92 Å². The van der Waals surface area contributed by atoms with Crippen molar-refractivity contribution >= 4 is 33.6 Å². The fourth-order valence-corrected chi connectivity index (χ4v) is 1.79. The summed E-state index contributed by atoms with van der Waals surface area (Å²) < 4.78 is 0.969. The molecule has 10 heavy (non-hydrogen) atoms. The molecular formula is C6H6BrNOS. The molecule has 1 aromatic heterocycles. The van der Waals surface area contributed by atoms with Gasteiger partial charge in [0.15, 0.2) is 0 Å². The molecule has 0 aliphatic rings. The Morgan fingerprint density at radius 1 is 1.90 bits per heavy atom. The molecular weight excluding hydrogens is 214 g/mol. The molecule has 0 aliphatic carbocycles. The van der Waals surface area contributed by atoms with Crippen LogP contribution < -0.4 is 0 Å². The number of carbonyl (C=O) groups is 1. The van der Waals surface area contributed by atoms with Crippen LogP contribution >= 0.6 is 27.3 Å². The van der Waals surface area contributed by atoms with Gasteiger partial charge in [-0.2, -0.15) is 0 Å². The highest BCUT2D eigenvalue weighted by molar-refractivity contribution is 9.11. The summed E-state index contributed by atoms with van der Waals surface area (Å²) in [6.45, 7) is 1.83. The van der Waals surface area contributed by atoms with Gasteiger partial charge in [0.25, 0.3) is 0 Å². The Morgan fingerprint density at radius 3 is 3.00 bits per heavy atom. The number of hydrogen-bond donors (Lipinski definition) is 0. The van der Waals surface area contributed by atoms with Crippen LogP contribution in [0.4, 0.5) is 0 Å². The summed E-state index contributed by atoms with van der Waals surface area (Å²) in [5.74, 6) is -0.0729. The Hall–Kier alpha value is -0.220. The Kier molecular flexibility index (Phi) is 2.56. The van der Waals surface area contributed by atoms with E-state index < -0.39 is 0 Å². The van der Waals surface area contributed by atoms with Crippen molar-refractivity contribution in [2.45, 2.75) is 12.8 Å². The molecule has 0 bridgehead atoms. The van der Waals surface area contributed by atoms with Crippen LogP contribution in [-0.2, 0) is 4.79 Å². The average Bonchev–Trinajstić information content (AvgIpc) is 2.34. The van der Waals surface area contributed by atoms with Gasteiger partial charge in [0, 0.05) is 0 Å². The number of halogens is 1. The predicted octanol–water partition coefficient (Wildman–Crippen LogP) is 2.21. The molecule has 0 N–H and O–H groups in total. The van der Waals surface area contributed by atoms with E-state index in [9.17, 15) is 4.79 Å². The highest BCUT2D eigenvalue weighted by Crippen LogP contribution is 2.23. The number of hydrogen-bond acceptors (Lipinski definition) is 3. The summed E-state index contributed by atoms with van der Waals surface area (Å²) in [6.07, 6.45) is 2.60. The maximum atomic E-state index is 10.3. The Balaban J connectivity index is 2.84. The van der Waals surface area contributed by atoms with E-state index in [0.717, 1.165) is 15.1 Å². The van der Waals surface area contributed by atoms with Crippen molar-refractivity contribution in [3.8, 4) is 0 Å². The maximum absolute atomic E-state index is 10.3. The van der Waals surface area contributed by atoms with Gasteiger partial charge in [-0.1, -0.05) is 0 Å². The molecule has 1 atom stereocenters. The lowest BCUT2D eigenvalue weighted by molar-refractivity contribution is -0.108. The quantitative estimate of drug-likeness (QED) is 0.715. The standard InChI is InChI=1S/C6H6BrNOS/c1-4(3-9)6-8-2-5(7)10-6/h2-4H,1H3. The van der Waals surface area contributed by atoms with Crippen molar-refractivity contribution in [3.05, 3.63) is 15.0 Å². The molecule has 1 rings (SSSR count).